The first-order chi connectivity index (χ1) is 15.0. The third-order valence-corrected chi connectivity index (χ3v) is 9.80. The molecule has 0 heterocycles. The maximum absolute atomic E-state index is 14.9. The minimum absolute atomic E-state index is 0.370. The van der Waals surface area contributed by atoms with Gasteiger partial charge >= 0.3 is 11.8 Å². The lowest BCUT2D eigenvalue weighted by Crippen LogP contribution is -2.68. The molecule has 32 heavy (non-hydrogen) atoms. The summed E-state index contributed by atoms with van der Waals surface area (Å²) in [5, 5.41) is 4.67. The number of alkyl halides is 4. The Morgan fingerprint density at radius 2 is 0.750 bits per heavy atom. The zero-order chi connectivity index (χ0) is 22.5. The van der Waals surface area contributed by atoms with Gasteiger partial charge in [0, 0.05) is 11.1 Å². The van der Waals surface area contributed by atoms with E-state index in [-0.39, 0.29) is 0 Å². The molecular weight excluding hydrogens is 424 g/mol. The topological polar surface area (TPSA) is 58.2 Å². The summed E-state index contributed by atoms with van der Waals surface area (Å²) < 4.78 is 59.5. The summed E-state index contributed by atoms with van der Waals surface area (Å²) in [6.07, 6.45) is 9.67. The number of amides is 2. The number of hydrogen-bond donors (Lipinski definition) is 2. The summed E-state index contributed by atoms with van der Waals surface area (Å²) in [6, 6.07) is 0. The van der Waals surface area contributed by atoms with Crippen molar-refractivity contribution >= 4 is 11.8 Å². The first-order valence-electron chi connectivity index (χ1n) is 12.4. The van der Waals surface area contributed by atoms with Gasteiger partial charge in [0.15, 0.2) is 0 Å². The molecule has 178 valence electrons. The molecular formula is C24H32F4N2O2. The predicted octanol–water partition coefficient (Wildman–Crippen LogP) is 4.43. The zero-order valence-corrected chi connectivity index (χ0v) is 18.3. The van der Waals surface area contributed by atoms with Gasteiger partial charge in [-0.1, -0.05) is 0 Å². The van der Waals surface area contributed by atoms with Crippen LogP contribution in [0.1, 0.15) is 77.0 Å². The fraction of sp³-hybridized carbons (Fsp3) is 0.917. The van der Waals surface area contributed by atoms with E-state index in [9.17, 15) is 27.2 Å². The van der Waals surface area contributed by atoms with Crippen LogP contribution in [0.25, 0.3) is 0 Å². The molecule has 0 radical (unpaired) electrons. The third-order valence-electron chi connectivity index (χ3n) is 9.80. The monoisotopic (exact) mass is 456 g/mol. The Bertz CT molecular complexity index is 703. The van der Waals surface area contributed by atoms with Gasteiger partial charge in [-0.25, -0.2) is 0 Å². The molecule has 4 nitrogen and oxygen atoms in total. The van der Waals surface area contributed by atoms with Crippen molar-refractivity contribution < 1.29 is 27.2 Å². The van der Waals surface area contributed by atoms with Crippen molar-refractivity contribution in [1.82, 2.24) is 10.6 Å². The Labute approximate surface area is 185 Å². The summed E-state index contributed by atoms with van der Waals surface area (Å²) in [6.45, 7) is 0. The Hall–Kier alpha value is -1.34. The van der Waals surface area contributed by atoms with Gasteiger partial charge in [-0.15, -0.1) is 0 Å². The van der Waals surface area contributed by atoms with Crippen molar-refractivity contribution in [2.24, 2.45) is 35.5 Å². The first-order valence-corrected chi connectivity index (χ1v) is 12.4. The minimum atomic E-state index is -5.08. The second kappa shape index (κ2) is 6.62. The quantitative estimate of drug-likeness (QED) is 0.602. The van der Waals surface area contributed by atoms with Gasteiger partial charge in [0.05, 0.1) is 0 Å². The van der Waals surface area contributed by atoms with Gasteiger partial charge in [-0.05, 0) is 113 Å². The maximum Gasteiger partial charge on any atom is 0.395 e. The lowest BCUT2D eigenvalue weighted by Gasteiger charge is -2.57. The summed E-state index contributed by atoms with van der Waals surface area (Å²) in [7, 11) is 0. The van der Waals surface area contributed by atoms with Crippen molar-refractivity contribution in [3.05, 3.63) is 0 Å². The molecule has 0 atom stereocenters. The molecule has 0 aromatic rings. The molecule has 2 amide bonds. The minimum Gasteiger partial charge on any atom is -0.345 e. The lowest BCUT2D eigenvalue weighted by atomic mass is 9.53. The van der Waals surface area contributed by atoms with Gasteiger partial charge in [0.25, 0.3) is 11.8 Å². The second-order valence-electron chi connectivity index (χ2n) is 12.5. The van der Waals surface area contributed by atoms with Crippen molar-refractivity contribution in [3.8, 4) is 0 Å². The predicted molar refractivity (Wildman–Crippen MR) is 108 cm³/mol. The third kappa shape index (κ3) is 3.13. The number of carbonyl (C=O) groups is 2. The highest BCUT2D eigenvalue weighted by Gasteiger charge is 2.69. The van der Waals surface area contributed by atoms with E-state index < -0.39 is 34.7 Å². The van der Waals surface area contributed by atoms with Crippen molar-refractivity contribution in [3.63, 3.8) is 0 Å². The number of halogens is 4. The van der Waals surface area contributed by atoms with Gasteiger partial charge in [0.2, 0.25) is 0 Å². The molecule has 8 aliphatic carbocycles. The Balaban J connectivity index is 1.17. The van der Waals surface area contributed by atoms with Gasteiger partial charge < -0.3 is 10.6 Å². The van der Waals surface area contributed by atoms with Crippen LogP contribution in [-0.4, -0.2) is 34.7 Å². The first kappa shape index (κ1) is 21.2. The molecule has 0 unspecified atom stereocenters. The van der Waals surface area contributed by atoms with E-state index in [2.05, 4.69) is 10.6 Å². The molecule has 0 saturated heterocycles. The van der Waals surface area contributed by atoms with E-state index in [1.54, 1.807) is 0 Å². The van der Waals surface area contributed by atoms with Crippen molar-refractivity contribution in [2.45, 2.75) is 100.0 Å². The van der Waals surface area contributed by atoms with E-state index in [1.807, 2.05) is 0 Å². The van der Waals surface area contributed by atoms with Crippen LogP contribution in [0, 0.1) is 35.5 Å². The number of rotatable bonds is 5. The molecule has 8 aliphatic rings. The maximum atomic E-state index is 14.9. The second-order valence-corrected chi connectivity index (χ2v) is 12.5. The lowest BCUT2D eigenvalue weighted by molar-refractivity contribution is -0.215. The van der Waals surface area contributed by atoms with Crippen LogP contribution in [0.3, 0.4) is 0 Å². The molecule has 0 aromatic carbocycles. The van der Waals surface area contributed by atoms with Crippen LogP contribution in [0.4, 0.5) is 17.6 Å². The SMILES string of the molecule is O=C(NC12CC3CC(CC(C3)C1)C2)C(F)(F)C(F)(F)C(=O)NC12CC3CC(CC(C3)C1)C2. The number of hydrogen-bond acceptors (Lipinski definition) is 2. The smallest absolute Gasteiger partial charge is 0.345 e. The zero-order valence-electron chi connectivity index (χ0n) is 18.3. The Kier molecular flexibility index (Phi) is 4.39. The van der Waals surface area contributed by atoms with E-state index >= 15 is 0 Å². The van der Waals surface area contributed by atoms with Gasteiger partial charge in [-0.3, -0.25) is 9.59 Å². The fourth-order valence-corrected chi connectivity index (χ4v) is 9.45. The molecule has 8 fully saturated rings. The molecule has 0 aromatic heterocycles. The van der Waals surface area contributed by atoms with Crippen LogP contribution in [-0.2, 0) is 9.59 Å². The highest BCUT2D eigenvalue weighted by Crippen LogP contribution is 2.57. The van der Waals surface area contributed by atoms with E-state index in [0.29, 0.717) is 74.0 Å². The van der Waals surface area contributed by atoms with Crippen molar-refractivity contribution in [2.75, 3.05) is 0 Å². The molecule has 8 rings (SSSR count). The number of nitrogens with one attached hydrogen (secondary N) is 2. The average Bonchev–Trinajstić information content (AvgIpc) is 2.64. The van der Waals surface area contributed by atoms with E-state index in [4.69, 9.17) is 0 Å². The summed E-state index contributed by atoms with van der Waals surface area (Å²) in [5.41, 5.74) is -1.64. The summed E-state index contributed by atoms with van der Waals surface area (Å²) in [5.74, 6) is -11.9. The molecule has 0 spiro atoms. The molecule has 0 aliphatic heterocycles. The van der Waals surface area contributed by atoms with Crippen LogP contribution in [0.2, 0.25) is 0 Å². The van der Waals surface area contributed by atoms with E-state index in [0.717, 1.165) is 38.5 Å². The van der Waals surface area contributed by atoms with Crippen LogP contribution >= 0.6 is 0 Å². The Morgan fingerprint density at radius 3 is 0.969 bits per heavy atom. The highest BCUT2D eigenvalue weighted by molar-refractivity contribution is 5.95. The molecule has 8 saturated carbocycles. The molecule has 8 bridgehead atoms. The van der Waals surface area contributed by atoms with Gasteiger partial charge in [0.1, 0.15) is 0 Å². The van der Waals surface area contributed by atoms with Crippen LogP contribution in [0.15, 0.2) is 0 Å². The average molecular weight is 457 g/mol. The largest absolute Gasteiger partial charge is 0.395 e. The molecule has 2 N–H and O–H groups in total. The van der Waals surface area contributed by atoms with Crippen molar-refractivity contribution in [1.29, 1.82) is 0 Å². The summed E-state index contributed by atoms with van der Waals surface area (Å²) in [4.78, 5) is 25.1. The number of carbonyl (C=O) groups excluding carboxylic acids is 2. The molecule has 8 heteroatoms. The summed E-state index contributed by atoms with van der Waals surface area (Å²) >= 11 is 0. The fourth-order valence-electron chi connectivity index (χ4n) is 9.45. The highest BCUT2D eigenvalue weighted by atomic mass is 19.3. The van der Waals surface area contributed by atoms with E-state index in [1.165, 1.54) is 0 Å². The Morgan fingerprint density at radius 1 is 0.531 bits per heavy atom. The van der Waals surface area contributed by atoms with Gasteiger partial charge in [-0.2, -0.15) is 17.6 Å². The standard InChI is InChI=1S/C24H32F4N2O2/c25-23(26,19(31)29-21-7-13-1-14(8-21)3-15(2-13)9-21)24(27,28)20(32)30-22-10-16-4-17(11-22)6-18(5-16)12-22/h13-18H,1-12H2,(H,29,31)(H,30,32). The normalized spacial score (nSPS) is 46.4. The van der Waals surface area contributed by atoms with Crippen LogP contribution < -0.4 is 10.6 Å². The van der Waals surface area contributed by atoms with Crippen LogP contribution in [0.5, 0.6) is 0 Å².